The fourth-order valence-corrected chi connectivity index (χ4v) is 5.34. The highest BCUT2D eigenvalue weighted by Gasteiger charge is 2.20. The van der Waals surface area contributed by atoms with E-state index in [-0.39, 0.29) is 18.2 Å². The maximum absolute atomic E-state index is 11.3. The fourth-order valence-electron chi connectivity index (χ4n) is 4.70. The average Bonchev–Trinajstić information content (AvgIpc) is 2.84. The molecule has 0 saturated heterocycles. The monoisotopic (exact) mass is 507 g/mol. The zero-order valence-electron chi connectivity index (χ0n) is 20.8. The SMILES string of the molecule is Cc1cc(OCCCS(C)(=O)=O)ccc1-c1cccc(C2CCc3cc(CCC(=O)O)ccc3N2)c1. The smallest absolute Gasteiger partial charge is 0.303 e. The molecule has 7 heteroatoms. The van der Waals surface area contributed by atoms with Crippen LogP contribution in [0.1, 0.15) is 47.6 Å². The predicted octanol–water partition coefficient (Wildman–Crippen LogP) is 5.59. The highest BCUT2D eigenvalue weighted by Crippen LogP contribution is 2.35. The molecule has 1 aliphatic rings. The Labute approximate surface area is 213 Å². The van der Waals surface area contributed by atoms with Crippen molar-refractivity contribution in [1.82, 2.24) is 0 Å². The van der Waals surface area contributed by atoms with Gasteiger partial charge in [0.15, 0.2) is 0 Å². The lowest BCUT2D eigenvalue weighted by Crippen LogP contribution is -2.18. The summed E-state index contributed by atoms with van der Waals surface area (Å²) in [5.41, 5.74) is 8.04. The summed E-state index contributed by atoms with van der Waals surface area (Å²) in [6.45, 7) is 2.43. The molecule has 190 valence electrons. The van der Waals surface area contributed by atoms with E-state index in [4.69, 9.17) is 9.84 Å². The molecule has 3 aromatic carbocycles. The number of aliphatic carboxylic acids is 1. The Kier molecular flexibility index (Phi) is 7.99. The first kappa shape index (κ1) is 25.8. The van der Waals surface area contributed by atoms with Gasteiger partial charge in [-0.15, -0.1) is 0 Å². The van der Waals surface area contributed by atoms with E-state index in [1.165, 1.54) is 17.4 Å². The molecule has 0 fully saturated rings. The van der Waals surface area contributed by atoms with Gasteiger partial charge >= 0.3 is 5.97 Å². The minimum Gasteiger partial charge on any atom is -0.494 e. The second-order valence-electron chi connectivity index (χ2n) is 9.55. The molecule has 2 N–H and O–H groups in total. The van der Waals surface area contributed by atoms with Crippen LogP contribution in [0, 0.1) is 6.92 Å². The fraction of sp³-hybridized carbons (Fsp3) is 0.345. The molecule has 0 amide bonds. The number of carboxylic acids is 1. The Bertz CT molecular complexity index is 1350. The van der Waals surface area contributed by atoms with E-state index in [9.17, 15) is 13.2 Å². The molecule has 36 heavy (non-hydrogen) atoms. The molecule has 1 atom stereocenters. The van der Waals surface area contributed by atoms with Crippen molar-refractivity contribution >= 4 is 21.5 Å². The van der Waals surface area contributed by atoms with Gasteiger partial charge in [-0.25, -0.2) is 8.42 Å². The number of hydrogen-bond acceptors (Lipinski definition) is 5. The normalized spacial score (nSPS) is 15.1. The molecule has 1 aliphatic heterocycles. The molecule has 3 aromatic rings. The first-order valence-corrected chi connectivity index (χ1v) is 14.4. The molecule has 0 spiro atoms. The summed E-state index contributed by atoms with van der Waals surface area (Å²) in [5.74, 6) is 0.101. The number of anilines is 1. The molecule has 0 bridgehead atoms. The lowest BCUT2D eigenvalue weighted by molar-refractivity contribution is -0.136. The van der Waals surface area contributed by atoms with Crippen molar-refractivity contribution in [2.45, 2.75) is 45.1 Å². The van der Waals surface area contributed by atoms with Crippen LogP contribution in [0.15, 0.2) is 60.7 Å². The maximum atomic E-state index is 11.3. The van der Waals surface area contributed by atoms with Gasteiger partial charge in [-0.2, -0.15) is 0 Å². The molecule has 1 unspecified atom stereocenters. The number of nitrogens with one attached hydrogen (secondary N) is 1. The lowest BCUT2D eigenvalue weighted by atomic mass is 9.90. The van der Waals surface area contributed by atoms with Gasteiger partial charge in [-0.3, -0.25) is 4.79 Å². The van der Waals surface area contributed by atoms with E-state index in [2.05, 4.69) is 54.7 Å². The average molecular weight is 508 g/mol. The van der Waals surface area contributed by atoms with Gasteiger partial charge in [-0.1, -0.05) is 36.4 Å². The van der Waals surface area contributed by atoms with E-state index < -0.39 is 15.8 Å². The molecular weight excluding hydrogens is 474 g/mol. The summed E-state index contributed by atoms with van der Waals surface area (Å²) in [6.07, 6.45) is 4.33. The third-order valence-electron chi connectivity index (χ3n) is 6.56. The summed E-state index contributed by atoms with van der Waals surface area (Å²) in [4.78, 5) is 10.9. The summed E-state index contributed by atoms with van der Waals surface area (Å²) >= 11 is 0. The largest absolute Gasteiger partial charge is 0.494 e. The van der Waals surface area contributed by atoms with Crippen LogP contribution in [-0.4, -0.2) is 38.1 Å². The zero-order chi connectivity index (χ0) is 25.7. The minimum atomic E-state index is -2.97. The number of benzene rings is 3. The van der Waals surface area contributed by atoms with E-state index in [1.807, 2.05) is 18.2 Å². The second-order valence-corrected chi connectivity index (χ2v) is 11.8. The van der Waals surface area contributed by atoms with Gasteiger partial charge in [0.05, 0.1) is 18.4 Å². The molecular formula is C29H33NO5S. The van der Waals surface area contributed by atoms with Gasteiger partial charge < -0.3 is 15.2 Å². The number of sulfone groups is 1. The zero-order valence-corrected chi connectivity index (χ0v) is 21.6. The first-order chi connectivity index (χ1) is 17.2. The third-order valence-corrected chi connectivity index (χ3v) is 7.59. The number of fused-ring (bicyclic) bond motifs is 1. The molecule has 1 heterocycles. The third kappa shape index (κ3) is 6.88. The van der Waals surface area contributed by atoms with Crippen molar-refractivity contribution in [1.29, 1.82) is 0 Å². The van der Waals surface area contributed by atoms with Crippen molar-refractivity contribution < 1.29 is 23.1 Å². The van der Waals surface area contributed by atoms with Crippen molar-refractivity contribution in [3.05, 3.63) is 82.9 Å². The van der Waals surface area contributed by atoms with Gasteiger partial charge in [0.2, 0.25) is 0 Å². The first-order valence-electron chi connectivity index (χ1n) is 12.3. The van der Waals surface area contributed by atoms with Crippen LogP contribution in [0.2, 0.25) is 0 Å². The number of carboxylic acid groups (broad SMARTS) is 1. The Hall–Kier alpha value is -3.32. The molecule has 0 aliphatic carbocycles. The van der Waals surface area contributed by atoms with Crippen LogP contribution in [0.25, 0.3) is 11.1 Å². The highest BCUT2D eigenvalue weighted by molar-refractivity contribution is 7.90. The van der Waals surface area contributed by atoms with Crippen LogP contribution in [0.5, 0.6) is 5.75 Å². The molecule has 0 radical (unpaired) electrons. The quantitative estimate of drug-likeness (QED) is 0.348. The molecule has 0 saturated carbocycles. The number of carbonyl (C=O) groups is 1. The molecule has 0 aromatic heterocycles. The van der Waals surface area contributed by atoms with Gasteiger partial charge in [0.25, 0.3) is 0 Å². The van der Waals surface area contributed by atoms with Crippen LogP contribution in [0.4, 0.5) is 5.69 Å². The summed E-state index contributed by atoms with van der Waals surface area (Å²) < 4.78 is 28.3. The highest BCUT2D eigenvalue weighted by atomic mass is 32.2. The molecule has 6 nitrogen and oxygen atoms in total. The number of hydrogen-bond donors (Lipinski definition) is 2. The van der Waals surface area contributed by atoms with Crippen molar-refractivity contribution in [2.24, 2.45) is 0 Å². The Morgan fingerprint density at radius 2 is 1.94 bits per heavy atom. The van der Waals surface area contributed by atoms with Crippen LogP contribution in [0.3, 0.4) is 0 Å². The van der Waals surface area contributed by atoms with Crippen LogP contribution < -0.4 is 10.1 Å². The van der Waals surface area contributed by atoms with Crippen LogP contribution in [-0.2, 0) is 27.5 Å². The summed E-state index contributed by atoms with van der Waals surface area (Å²) in [5, 5.41) is 12.6. The molecule has 4 rings (SSSR count). The van der Waals surface area contributed by atoms with Gasteiger partial charge in [0.1, 0.15) is 15.6 Å². The number of rotatable bonds is 10. The van der Waals surface area contributed by atoms with E-state index in [1.54, 1.807) is 0 Å². The Balaban J connectivity index is 1.43. The van der Waals surface area contributed by atoms with Gasteiger partial charge in [0, 0.05) is 18.4 Å². The number of ether oxygens (including phenoxy) is 1. The summed E-state index contributed by atoms with van der Waals surface area (Å²) in [6, 6.07) is 21.0. The predicted molar refractivity (Wildman–Crippen MR) is 144 cm³/mol. The second kappa shape index (κ2) is 11.2. The maximum Gasteiger partial charge on any atom is 0.303 e. The standard InChI is InChI=1S/C29H33NO5S/c1-20-17-25(35-15-4-16-36(2,33)34)10-11-26(20)22-5-3-6-23(19-22)28-13-9-24-18-21(8-14-29(31)32)7-12-27(24)30-28/h3,5-7,10-12,17-19,28,30H,4,8-9,13-16H2,1-2H3,(H,31,32). The number of aryl methyl sites for hydroxylation is 3. The summed E-state index contributed by atoms with van der Waals surface area (Å²) in [7, 11) is -2.97. The van der Waals surface area contributed by atoms with E-state index >= 15 is 0 Å². The topological polar surface area (TPSA) is 92.7 Å². The van der Waals surface area contributed by atoms with Gasteiger partial charge in [-0.05, 0) is 90.3 Å². The minimum absolute atomic E-state index is 0.127. The van der Waals surface area contributed by atoms with Crippen molar-refractivity contribution in [2.75, 3.05) is 23.9 Å². The lowest BCUT2D eigenvalue weighted by Gasteiger charge is -2.28. The van der Waals surface area contributed by atoms with Crippen molar-refractivity contribution in [3.8, 4) is 16.9 Å². The van der Waals surface area contributed by atoms with E-state index in [0.717, 1.165) is 46.5 Å². The van der Waals surface area contributed by atoms with Crippen LogP contribution >= 0.6 is 0 Å². The van der Waals surface area contributed by atoms with Crippen molar-refractivity contribution in [3.63, 3.8) is 0 Å². The Morgan fingerprint density at radius 3 is 2.69 bits per heavy atom. The van der Waals surface area contributed by atoms with E-state index in [0.29, 0.717) is 19.4 Å². The Morgan fingerprint density at radius 1 is 1.11 bits per heavy atom.